The summed E-state index contributed by atoms with van der Waals surface area (Å²) in [6, 6.07) is -1.17. The third kappa shape index (κ3) is 3.68. The molecule has 30 heavy (non-hydrogen) atoms. The van der Waals surface area contributed by atoms with Crippen molar-refractivity contribution in [2.24, 2.45) is 11.8 Å². The van der Waals surface area contributed by atoms with Gasteiger partial charge in [0.2, 0.25) is 11.8 Å². The van der Waals surface area contributed by atoms with Crippen LogP contribution in [0.25, 0.3) is 0 Å². The highest BCUT2D eigenvalue weighted by molar-refractivity contribution is 9.09. The molecule has 3 rings (SSSR count). The fourth-order valence-electron chi connectivity index (χ4n) is 5.51. The fourth-order valence-corrected chi connectivity index (χ4v) is 9.10. The number of esters is 1. The van der Waals surface area contributed by atoms with Gasteiger partial charge in [-0.05, 0) is 33.1 Å². The Bertz CT molecular complexity index is 690. The molecule has 2 N–H and O–H groups in total. The molecule has 2 bridgehead atoms. The minimum Gasteiger partial charge on any atom is -0.466 e. The zero-order valence-corrected chi connectivity index (χ0v) is 20.5. The molecule has 0 saturated carbocycles. The zero-order chi connectivity index (χ0) is 22.2. The van der Waals surface area contributed by atoms with E-state index >= 15 is 0 Å². The van der Waals surface area contributed by atoms with E-state index in [-0.39, 0.29) is 47.1 Å². The maximum Gasteiger partial charge on any atom is 0.310 e. The van der Waals surface area contributed by atoms with Crippen molar-refractivity contribution < 1.29 is 24.2 Å². The average molecular weight is 505 g/mol. The molecule has 2 amide bonds. The number of hydrogen-bond donors (Lipinski definition) is 2. The Labute approximate surface area is 191 Å². The second-order valence-corrected chi connectivity index (χ2v) is 11.3. The number of rotatable bonds is 9. The van der Waals surface area contributed by atoms with E-state index in [9.17, 15) is 19.5 Å². The molecule has 0 radical (unpaired) electrons. The van der Waals surface area contributed by atoms with Crippen LogP contribution in [0.15, 0.2) is 0 Å². The first-order chi connectivity index (χ1) is 14.3. The number of carbonyl (C=O) groups excluding carboxylic acids is 3. The van der Waals surface area contributed by atoms with Gasteiger partial charge in [-0.25, -0.2) is 0 Å². The largest absolute Gasteiger partial charge is 0.466 e. The molecule has 3 aliphatic heterocycles. The minimum absolute atomic E-state index is 0.00618. The van der Waals surface area contributed by atoms with Crippen molar-refractivity contribution in [3.8, 4) is 0 Å². The van der Waals surface area contributed by atoms with Gasteiger partial charge >= 0.3 is 5.97 Å². The van der Waals surface area contributed by atoms with Crippen LogP contribution in [-0.4, -0.2) is 74.0 Å². The van der Waals surface area contributed by atoms with E-state index in [0.29, 0.717) is 12.8 Å². The van der Waals surface area contributed by atoms with Gasteiger partial charge in [0, 0.05) is 16.1 Å². The quantitative estimate of drug-likeness (QED) is 0.368. The predicted molar refractivity (Wildman–Crippen MR) is 119 cm³/mol. The number of aliphatic hydroxyl groups is 1. The molecule has 0 aromatic carbocycles. The van der Waals surface area contributed by atoms with Gasteiger partial charge in [0.1, 0.15) is 6.04 Å². The molecular weight excluding hydrogens is 472 g/mol. The van der Waals surface area contributed by atoms with E-state index < -0.39 is 28.7 Å². The standard InChI is InChI=1S/C21H33BrN2O5S/c1-5-8-11(4)23-18(26)17-21-9-13(22)16(30-21)14(20(28)29-7-3)15(21)19(27)24(17)12(6-2)10-25/h11-17,25H,5-10H2,1-4H3,(H,23,26)/t11?,12-,13?,14-,15-,16-,17?,21?/m0/s1. The summed E-state index contributed by atoms with van der Waals surface area (Å²) >= 11 is 5.30. The number of nitrogens with one attached hydrogen (secondary N) is 1. The number of aliphatic hydroxyl groups excluding tert-OH is 1. The fraction of sp³-hybridized carbons (Fsp3) is 0.857. The van der Waals surface area contributed by atoms with E-state index in [0.717, 1.165) is 12.8 Å². The van der Waals surface area contributed by atoms with Crippen LogP contribution in [0.1, 0.15) is 53.4 Å². The van der Waals surface area contributed by atoms with Crippen molar-refractivity contribution in [2.75, 3.05) is 13.2 Å². The Morgan fingerprint density at radius 2 is 2.10 bits per heavy atom. The molecule has 4 unspecified atom stereocenters. The molecule has 3 heterocycles. The lowest BCUT2D eigenvalue weighted by Gasteiger charge is -2.37. The summed E-state index contributed by atoms with van der Waals surface area (Å²) in [6.45, 7) is 7.73. The Kier molecular flexibility index (Phi) is 7.45. The van der Waals surface area contributed by atoms with Crippen LogP contribution in [0.4, 0.5) is 0 Å². The molecule has 3 saturated heterocycles. The summed E-state index contributed by atoms with van der Waals surface area (Å²) in [5.41, 5.74) is 0. The number of hydrogen-bond acceptors (Lipinski definition) is 6. The topological polar surface area (TPSA) is 95.9 Å². The van der Waals surface area contributed by atoms with Crippen LogP contribution in [0.5, 0.6) is 0 Å². The Morgan fingerprint density at radius 1 is 1.40 bits per heavy atom. The lowest BCUT2D eigenvalue weighted by molar-refractivity contribution is -0.154. The van der Waals surface area contributed by atoms with Crippen LogP contribution in [0.2, 0.25) is 0 Å². The number of likely N-dealkylation sites (tertiary alicyclic amines) is 1. The first-order valence-electron chi connectivity index (χ1n) is 11.0. The number of nitrogens with zero attached hydrogens (tertiary/aromatic N) is 1. The molecule has 9 heteroatoms. The molecule has 1 spiro atoms. The van der Waals surface area contributed by atoms with Crippen molar-refractivity contribution in [1.29, 1.82) is 0 Å². The molecular formula is C21H33BrN2O5S. The lowest BCUT2D eigenvalue weighted by Crippen LogP contribution is -2.58. The van der Waals surface area contributed by atoms with E-state index in [2.05, 4.69) is 28.2 Å². The van der Waals surface area contributed by atoms with E-state index in [4.69, 9.17) is 4.74 Å². The van der Waals surface area contributed by atoms with Gasteiger partial charge in [-0.1, -0.05) is 36.2 Å². The maximum atomic E-state index is 13.7. The van der Waals surface area contributed by atoms with Crippen molar-refractivity contribution in [3.63, 3.8) is 0 Å². The normalized spacial score (nSPS) is 36.5. The zero-order valence-electron chi connectivity index (χ0n) is 18.1. The number of fused-ring (bicyclic) bond motifs is 1. The van der Waals surface area contributed by atoms with Crippen molar-refractivity contribution in [1.82, 2.24) is 10.2 Å². The summed E-state index contributed by atoms with van der Waals surface area (Å²) in [7, 11) is 0. The summed E-state index contributed by atoms with van der Waals surface area (Å²) in [5, 5.41) is 13.0. The van der Waals surface area contributed by atoms with E-state index in [1.54, 1.807) is 23.6 Å². The van der Waals surface area contributed by atoms with Gasteiger partial charge in [-0.2, -0.15) is 0 Å². The Balaban J connectivity index is 2.03. The molecule has 8 atom stereocenters. The number of carbonyl (C=O) groups is 3. The number of thioether (sulfide) groups is 1. The van der Waals surface area contributed by atoms with Crippen molar-refractivity contribution in [2.45, 2.75) is 86.3 Å². The van der Waals surface area contributed by atoms with Gasteiger partial charge in [-0.15, -0.1) is 11.8 Å². The van der Waals surface area contributed by atoms with E-state index in [1.165, 1.54) is 0 Å². The van der Waals surface area contributed by atoms with Gasteiger partial charge in [-0.3, -0.25) is 14.4 Å². The monoisotopic (exact) mass is 504 g/mol. The van der Waals surface area contributed by atoms with Crippen LogP contribution in [-0.2, 0) is 19.1 Å². The number of halogens is 1. The summed E-state index contributed by atoms with van der Waals surface area (Å²) in [6.07, 6.45) is 2.97. The number of amides is 2. The third-order valence-electron chi connectivity index (χ3n) is 6.72. The Hall–Kier alpha value is -0.800. The Morgan fingerprint density at radius 3 is 2.67 bits per heavy atom. The summed E-state index contributed by atoms with van der Waals surface area (Å²) < 4.78 is 4.64. The van der Waals surface area contributed by atoms with Crippen LogP contribution in [0, 0.1) is 11.8 Å². The smallest absolute Gasteiger partial charge is 0.310 e. The molecule has 0 aliphatic carbocycles. The van der Waals surface area contributed by atoms with Crippen molar-refractivity contribution >= 4 is 45.5 Å². The van der Waals surface area contributed by atoms with Gasteiger partial charge in [0.25, 0.3) is 0 Å². The highest BCUT2D eigenvalue weighted by atomic mass is 79.9. The minimum atomic E-state index is -0.708. The van der Waals surface area contributed by atoms with Crippen LogP contribution >= 0.6 is 27.7 Å². The molecule has 3 aliphatic rings. The lowest BCUT2D eigenvalue weighted by atomic mass is 9.71. The molecule has 0 aromatic rings. The van der Waals surface area contributed by atoms with Gasteiger partial charge in [0.05, 0.1) is 35.8 Å². The van der Waals surface area contributed by atoms with E-state index in [1.807, 2.05) is 13.8 Å². The second kappa shape index (κ2) is 9.36. The summed E-state index contributed by atoms with van der Waals surface area (Å²) in [4.78, 5) is 41.7. The molecule has 0 aromatic heterocycles. The van der Waals surface area contributed by atoms with Crippen LogP contribution < -0.4 is 5.32 Å². The highest BCUT2D eigenvalue weighted by Crippen LogP contribution is 2.68. The van der Waals surface area contributed by atoms with Gasteiger partial charge in [0.15, 0.2) is 0 Å². The van der Waals surface area contributed by atoms with Crippen LogP contribution in [0.3, 0.4) is 0 Å². The molecule has 7 nitrogen and oxygen atoms in total. The van der Waals surface area contributed by atoms with Crippen molar-refractivity contribution in [3.05, 3.63) is 0 Å². The third-order valence-corrected chi connectivity index (χ3v) is 9.94. The maximum absolute atomic E-state index is 13.7. The summed E-state index contributed by atoms with van der Waals surface area (Å²) in [5.74, 6) is -1.93. The number of ether oxygens (including phenoxy) is 1. The molecule has 3 fully saturated rings. The highest BCUT2D eigenvalue weighted by Gasteiger charge is 2.76. The van der Waals surface area contributed by atoms with Gasteiger partial charge < -0.3 is 20.1 Å². The average Bonchev–Trinajstić information content (AvgIpc) is 3.27. The molecule has 170 valence electrons. The number of alkyl halides is 1. The SMILES string of the molecule is CCCC(C)NC(=O)C1N([C@@H](CC)CO)C(=O)[C@@H]2[C@H](C(=O)OCC)[C@H]3SC12CC3Br. The predicted octanol–water partition coefficient (Wildman–Crippen LogP) is 2.09. The first-order valence-corrected chi connectivity index (χ1v) is 12.8. The first kappa shape index (κ1) is 23.9. The second-order valence-electron chi connectivity index (χ2n) is 8.60.